The standard InChI is InChI=1S/C14H27N3O2/c1-14(2,3)10-7-5-6-8-11(10)16-9-12(18)17-13(19)15-4/h10-11,16H,5-9H2,1-4H3,(H2,15,17,18,19). The summed E-state index contributed by atoms with van der Waals surface area (Å²) in [5, 5.41) is 7.95. The molecule has 0 aliphatic heterocycles. The minimum atomic E-state index is -0.456. The molecule has 1 fully saturated rings. The highest BCUT2D eigenvalue weighted by atomic mass is 16.2. The predicted molar refractivity (Wildman–Crippen MR) is 75.8 cm³/mol. The van der Waals surface area contributed by atoms with Crippen molar-refractivity contribution in [1.29, 1.82) is 0 Å². The van der Waals surface area contributed by atoms with E-state index in [-0.39, 0.29) is 17.9 Å². The van der Waals surface area contributed by atoms with E-state index in [2.05, 4.69) is 36.7 Å². The zero-order valence-electron chi connectivity index (χ0n) is 12.5. The number of hydrogen-bond acceptors (Lipinski definition) is 3. The lowest BCUT2D eigenvalue weighted by Gasteiger charge is -2.40. The van der Waals surface area contributed by atoms with Gasteiger partial charge in [0, 0.05) is 13.1 Å². The fourth-order valence-corrected chi connectivity index (χ4v) is 2.87. The molecule has 19 heavy (non-hydrogen) atoms. The van der Waals surface area contributed by atoms with Crippen molar-refractivity contribution in [3.63, 3.8) is 0 Å². The van der Waals surface area contributed by atoms with Gasteiger partial charge in [-0.3, -0.25) is 10.1 Å². The number of hydrogen-bond donors (Lipinski definition) is 3. The smallest absolute Gasteiger partial charge is 0.321 e. The van der Waals surface area contributed by atoms with Crippen LogP contribution in [0.5, 0.6) is 0 Å². The molecule has 1 aliphatic carbocycles. The van der Waals surface area contributed by atoms with E-state index in [4.69, 9.17) is 0 Å². The van der Waals surface area contributed by atoms with Crippen LogP contribution in [0.2, 0.25) is 0 Å². The number of amides is 3. The van der Waals surface area contributed by atoms with E-state index in [1.165, 1.54) is 26.3 Å². The van der Waals surface area contributed by atoms with Crippen LogP contribution >= 0.6 is 0 Å². The molecule has 0 aromatic rings. The van der Waals surface area contributed by atoms with E-state index in [9.17, 15) is 9.59 Å². The molecule has 1 aliphatic rings. The molecule has 3 N–H and O–H groups in total. The fourth-order valence-electron chi connectivity index (χ4n) is 2.87. The monoisotopic (exact) mass is 269 g/mol. The Balaban J connectivity index is 2.45. The van der Waals surface area contributed by atoms with Crippen molar-refractivity contribution in [3.8, 4) is 0 Å². The lowest BCUT2D eigenvalue weighted by Crippen LogP contribution is -2.49. The molecule has 1 rings (SSSR count). The topological polar surface area (TPSA) is 70.2 Å². The first-order valence-corrected chi connectivity index (χ1v) is 7.09. The Kier molecular flexibility index (Phi) is 5.79. The maximum absolute atomic E-state index is 11.6. The van der Waals surface area contributed by atoms with Crippen LogP contribution in [-0.2, 0) is 4.79 Å². The van der Waals surface area contributed by atoms with Crippen molar-refractivity contribution in [1.82, 2.24) is 16.0 Å². The highest BCUT2D eigenvalue weighted by Crippen LogP contribution is 2.37. The summed E-state index contributed by atoms with van der Waals surface area (Å²) in [6.07, 6.45) is 4.79. The molecule has 3 amide bonds. The Hall–Kier alpha value is -1.10. The lowest BCUT2D eigenvalue weighted by atomic mass is 9.69. The van der Waals surface area contributed by atoms with Gasteiger partial charge in [-0.1, -0.05) is 33.6 Å². The second-order valence-electron chi connectivity index (χ2n) is 6.37. The van der Waals surface area contributed by atoms with Gasteiger partial charge < -0.3 is 10.6 Å². The van der Waals surface area contributed by atoms with Gasteiger partial charge in [0.05, 0.1) is 6.54 Å². The number of rotatable bonds is 3. The van der Waals surface area contributed by atoms with Crippen LogP contribution in [-0.4, -0.2) is 31.6 Å². The zero-order valence-corrected chi connectivity index (χ0v) is 12.5. The van der Waals surface area contributed by atoms with E-state index < -0.39 is 6.03 Å². The van der Waals surface area contributed by atoms with Crippen LogP contribution in [0.3, 0.4) is 0 Å². The lowest BCUT2D eigenvalue weighted by molar-refractivity contribution is -0.119. The number of carbonyl (C=O) groups excluding carboxylic acids is 2. The Bertz CT molecular complexity index is 323. The Morgan fingerprint density at radius 3 is 2.37 bits per heavy atom. The quantitative estimate of drug-likeness (QED) is 0.729. The van der Waals surface area contributed by atoms with Crippen LogP contribution in [0.15, 0.2) is 0 Å². The van der Waals surface area contributed by atoms with E-state index in [0.717, 1.165) is 6.42 Å². The van der Waals surface area contributed by atoms with Gasteiger partial charge >= 0.3 is 6.03 Å². The summed E-state index contributed by atoms with van der Waals surface area (Å²) in [4.78, 5) is 22.6. The highest BCUT2D eigenvalue weighted by Gasteiger charge is 2.33. The molecule has 0 saturated heterocycles. The van der Waals surface area contributed by atoms with E-state index >= 15 is 0 Å². The van der Waals surface area contributed by atoms with Gasteiger partial charge in [0.1, 0.15) is 0 Å². The van der Waals surface area contributed by atoms with Gasteiger partial charge in [0.15, 0.2) is 0 Å². The van der Waals surface area contributed by atoms with Crippen LogP contribution in [0.1, 0.15) is 46.5 Å². The average Bonchev–Trinajstić information content (AvgIpc) is 2.35. The number of carbonyl (C=O) groups is 2. The van der Waals surface area contributed by atoms with Crippen LogP contribution < -0.4 is 16.0 Å². The molecule has 0 aromatic carbocycles. The maximum atomic E-state index is 11.6. The van der Waals surface area contributed by atoms with Crippen molar-refractivity contribution >= 4 is 11.9 Å². The summed E-state index contributed by atoms with van der Waals surface area (Å²) < 4.78 is 0. The third-order valence-electron chi connectivity index (χ3n) is 3.88. The molecule has 0 bridgehead atoms. The van der Waals surface area contributed by atoms with E-state index in [1.54, 1.807) is 0 Å². The number of nitrogens with one attached hydrogen (secondary N) is 3. The molecule has 5 heteroatoms. The van der Waals surface area contributed by atoms with Crippen LogP contribution in [0, 0.1) is 11.3 Å². The summed E-state index contributed by atoms with van der Waals surface area (Å²) in [6.45, 7) is 6.96. The molecule has 1 saturated carbocycles. The summed E-state index contributed by atoms with van der Waals surface area (Å²) in [5.41, 5.74) is 0.245. The highest BCUT2D eigenvalue weighted by molar-refractivity contribution is 5.95. The molecule has 2 unspecified atom stereocenters. The summed E-state index contributed by atoms with van der Waals surface area (Å²) in [5.74, 6) is 0.298. The second-order valence-corrected chi connectivity index (χ2v) is 6.37. The first-order valence-electron chi connectivity index (χ1n) is 7.09. The molecule has 2 atom stereocenters. The first-order chi connectivity index (χ1) is 8.84. The SMILES string of the molecule is CNC(=O)NC(=O)CNC1CCCCC1C(C)(C)C. The third kappa shape index (κ3) is 5.19. The molecule has 0 heterocycles. The predicted octanol–water partition coefficient (Wildman–Crippen LogP) is 1.64. The molecule has 0 spiro atoms. The molecule has 110 valence electrons. The van der Waals surface area contributed by atoms with Crippen molar-refractivity contribution in [2.75, 3.05) is 13.6 Å². The maximum Gasteiger partial charge on any atom is 0.321 e. The van der Waals surface area contributed by atoms with Crippen molar-refractivity contribution in [3.05, 3.63) is 0 Å². The molecule has 5 nitrogen and oxygen atoms in total. The van der Waals surface area contributed by atoms with Crippen LogP contribution in [0.4, 0.5) is 4.79 Å². The minimum Gasteiger partial charge on any atom is -0.341 e. The van der Waals surface area contributed by atoms with Gasteiger partial charge in [0.25, 0.3) is 0 Å². The number of urea groups is 1. The van der Waals surface area contributed by atoms with Crippen molar-refractivity contribution in [2.24, 2.45) is 11.3 Å². The summed E-state index contributed by atoms with van der Waals surface area (Å²) in [7, 11) is 1.49. The largest absolute Gasteiger partial charge is 0.341 e. The average molecular weight is 269 g/mol. The zero-order chi connectivity index (χ0) is 14.5. The van der Waals surface area contributed by atoms with Crippen molar-refractivity contribution in [2.45, 2.75) is 52.5 Å². The minimum absolute atomic E-state index is 0.199. The van der Waals surface area contributed by atoms with Gasteiger partial charge in [-0.15, -0.1) is 0 Å². The second kappa shape index (κ2) is 6.89. The number of imide groups is 1. The Morgan fingerprint density at radius 2 is 1.79 bits per heavy atom. The van der Waals surface area contributed by atoms with Crippen molar-refractivity contribution < 1.29 is 9.59 Å². The molecular formula is C14H27N3O2. The molecular weight excluding hydrogens is 242 g/mol. The van der Waals surface area contributed by atoms with Gasteiger partial charge in [0.2, 0.25) is 5.91 Å². The molecule has 0 aromatic heterocycles. The normalized spacial score (nSPS) is 23.8. The van der Waals surface area contributed by atoms with Gasteiger partial charge in [-0.25, -0.2) is 4.79 Å². The van der Waals surface area contributed by atoms with Gasteiger partial charge in [-0.2, -0.15) is 0 Å². The molecule has 0 radical (unpaired) electrons. The first kappa shape index (κ1) is 16.0. The van der Waals surface area contributed by atoms with Crippen LogP contribution in [0.25, 0.3) is 0 Å². The Morgan fingerprint density at radius 1 is 1.16 bits per heavy atom. The van der Waals surface area contributed by atoms with Gasteiger partial charge in [-0.05, 0) is 24.2 Å². The summed E-state index contributed by atoms with van der Waals surface area (Å²) in [6, 6.07) is -0.0907. The Labute approximate surface area is 115 Å². The summed E-state index contributed by atoms with van der Waals surface area (Å²) >= 11 is 0. The third-order valence-corrected chi connectivity index (χ3v) is 3.88. The van der Waals surface area contributed by atoms with E-state index in [0.29, 0.717) is 12.0 Å². The fraction of sp³-hybridized carbons (Fsp3) is 0.857. The van der Waals surface area contributed by atoms with E-state index in [1.807, 2.05) is 0 Å².